The highest BCUT2D eigenvalue weighted by Gasteiger charge is 2.43. The number of hydrogen-bond acceptors (Lipinski definition) is 2. The third-order valence-electron chi connectivity index (χ3n) is 4.36. The molecule has 2 fully saturated rings. The lowest BCUT2D eigenvalue weighted by atomic mass is 9.83. The Bertz CT molecular complexity index is 360. The highest BCUT2D eigenvalue weighted by Crippen LogP contribution is 2.52. The van der Waals surface area contributed by atoms with E-state index in [1.165, 1.54) is 25.7 Å². The molecule has 1 aromatic rings. The Kier molecular flexibility index (Phi) is 2.09. The highest BCUT2D eigenvalue weighted by molar-refractivity contribution is 5.08. The molecule has 82 valence electrons. The zero-order valence-corrected chi connectivity index (χ0v) is 9.13. The average molecular weight is 206 g/mol. The SMILES string of the molecule is Cn1nccc1C(O)C1CC2CCC1C2. The van der Waals surface area contributed by atoms with Crippen LogP contribution in [0.5, 0.6) is 0 Å². The van der Waals surface area contributed by atoms with Crippen LogP contribution in [0.25, 0.3) is 0 Å². The molecular weight excluding hydrogens is 188 g/mol. The molecule has 15 heavy (non-hydrogen) atoms. The van der Waals surface area contributed by atoms with E-state index in [-0.39, 0.29) is 6.10 Å². The molecule has 0 saturated heterocycles. The number of nitrogens with zero attached hydrogens (tertiary/aromatic N) is 2. The third-order valence-corrected chi connectivity index (χ3v) is 4.36. The Labute approximate surface area is 90.1 Å². The van der Waals surface area contributed by atoms with E-state index in [1.807, 2.05) is 13.1 Å². The zero-order valence-electron chi connectivity index (χ0n) is 9.13. The minimum absolute atomic E-state index is 0.298. The van der Waals surface area contributed by atoms with E-state index in [4.69, 9.17) is 0 Å². The molecule has 3 rings (SSSR count). The molecule has 0 spiro atoms. The summed E-state index contributed by atoms with van der Waals surface area (Å²) in [7, 11) is 1.91. The van der Waals surface area contributed by atoms with Crippen LogP contribution in [-0.4, -0.2) is 14.9 Å². The lowest BCUT2D eigenvalue weighted by molar-refractivity contribution is 0.0677. The van der Waals surface area contributed by atoms with Gasteiger partial charge in [-0.05, 0) is 43.1 Å². The van der Waals surface area contributed by atoms with Crippen molar-refractivity contribution in [2.75, 3.05) is 0 Å². The van der Waals surface area contributed by atoms with Crippen molar-refractivity contribution in [2.24, 2.45) is 24.8 Å². The van der Waals surface area contributed by atoms with Gasteiger partial charge in [0.15, 0.2) is 0 Å². The largest absolute Gasteiger partial charge is 0.387 e. The summed E-state index contributed by atoms with van der Waals surface area (Å²) in [6, 6.07) is 1.94. The van der Waals surface area contributed by atoms with Gasteiger partial charge in [0.1, 0.15) is 0 Å². The Hall–Kier alpha value is -0.830. The summed E-state index contributed by atoms with van der Waals surface area (Å²) >= 11 is 0. The minimum atomic E-state index is -0.298. The maximum absolute atomic E-state index is 10.4. The van der Waals surface area contributed by atoms with Crippen LogP contribution in [0.1, 0.15) is 37.5 Å². The van der Waals surface area contributed by atoms with Crippen LogP contribution in [0.15, 0.2) is 12.3 Å². The topological polar surface area (TPSA) is 38.0 Å². The molecule has 1 heterocycles. The van der Waals surface area contributed by atoms with E-state index in [0.717, 1.165) is 17.5 Å². The minimum Gasteiger partial charge on any atom is -0.387 e. The second-order valence-electron chi connectivity index (χ2n) is 5.16. The van der Waals surface area contributed by atoms with Crippen LogP contribution < -0.4 is 0 Å². The molecule has 0 radical (unpaired) electrons. The fraction of sp³-hybridized carbons (Fsp3) is 0.750. The molecule has 1 N–H and O–H groups in total. The molecular formula is C12H18N2O. The molecule has 3 heteroatoms. The number of aliphatic hydroxyl groups excluding tert-OH is 1. The van der Waals surface area contributed by atoms with Gasteiger partial charge < -0.3 is 5.11 Å². The summed E-state index contributed by atoms with van der Waals surface area (Å²) in [4.78, 5) is 0. The van der Waals surface area contributed by atoms with Gasteiger partial charge in [-0.15, -0.1) is 0 Å². The van der Waals surface area contributed by atoms with Crippen LogP contribution in [0, 0.1) is 17.8 Å². The van der Waals surface area contributed by atoms with Crippen LogP contribution >= 0.6 is 0 Å². The molecule has 0 amide bonds. The molecule has 2 saturated carbocycles. The fourth-order valence-corrected chi connectivity index (χ4v) is 3.57. The van der Waals surface area contributed by atoms with Gasteiger partial charge in [-0.1, -0.05) is 6.42 Å². The number of rotatable bonds is 2. The van der Waals surface area contributed by atoms with E-state index in [9.17, 15) is 5.11 Å². The van der Waals surface area contributed by atoms with Crippen molar-refractivity contribution in [1.82, 2.24) is 9.78 Å². The summed E-state index contributed by atoms with van der Waals surface area (Å²) in [6.07, 6.45) is 6.75. The fourth-order valence-electron chi connectivity index (χ4n) is 3.57. The molecule has 2 bridgehead atoms. The quantitative estimate of drug-likeness (QED) is 0.802. The Morgan fingerprint density at radius 2 is 2.33 bits per heavy atom. The van der Waals surface area contributed by atoms with Gasteiger partial charge in [0.2, 0.25) is 0 Å². The number of hydrogen-bond donors (Lipinski definition) is 1. The van der Waals surface area contributed by atoms with Crippen molar-refractivity contribution >= 4 is 0 Å². The maximum Gasteiger partial charge on any atom is 0.0987 e. The van der Waals surface area contributed by atoms with Crippen molar-refractivity contribution in [1.29, 1.82) is 0 Å². The third kappa shape index (κ3) is 1.41. The van der Waals surface area contributed by atoms with Gasteiger partial charge >= 0.3 is 0 Å². The highest BCUT2D eigenvalue weighted by atomic mass is 16.3. The molecule has 0 aromatic carbocycles. The van der Waals surface area contributed by atoms with Gasteiger partial charge in [0.05, 0.1) is 11.8 Å². The van der Waals surface area contributed by atoms with E-state index < -0.39 is 0 Å². The smallest absolute Gasteiger partial charge is 0.0987 e. The summed E-state index contributed by atoms with van der Waals surface area (Å²) in [5.74, 6) is 2.14. The first kappa shape index (κ1) is 9.40. The first-order valence-electron chi connectivity index (χ1n) is 5.91. The summed E-state index contributed by atoms with van der Waals surface area (Å²) < 4.78 is 1.80. The molecule has 4 unspecified atom stereocenters. The van der Waals surface area contributed by atoms with Gasteiger partial charge in [0.25, 0.3) is 0 Å². The van der Waals surface area contributed by atoms with E-state index in [0.29, 0.717) is 5.92 Å². The number of aryl methyl sites for hydroxylation is 1. The van der Waals surface area contributed by atoms with Crippen molar-refractivity contribution in [3.63, 3.8) is 0 Å². The molecule has 0 aliphatic heterocycles. The van der Waals surface area contributed by atoms with Crippen LogP contribution in [-0.2, 0) is 7.05 Å². The van der Waals surface area contributed by atoms with Crippen molar-refractivity contribution < 1.29 is 5.11 Å². The second-order valence-corrected chi connectivity index (χ2v) is 5.16. The molecule has 2 aliphatic rings. The first-order valence-corrected chi connectivity index (χ1v) is 5.91. The zero-order chi connectivity index (χ0) is 10.4. The normalized spacial score (nSPS) is 36.0. The van der Waals surface area contributed by atoms with Crippen molar-refractivity contribution in [3.05, 3.63) is 18.0 Å². The van der Waals surface area contributed by atoms with Crippen LogP contribution in [0.4, 0.5) is 0 Å². The summed E-state index contributed by atoms with van der Waals surface area (Å²) in [5, 5.41) is 14.5. The standard InChI is InChI=1S/C12H18N2O/c1-14-11(4-5-13-14)12(15)10-7-8-2-3-9(10)6-8/h4-5,8-10,12,15H,2-3,6-7H2,1H3. The van der Waals surface area contributed by atoms with Crippen molar-refractivity contribution in [2.45, 2.75) is 31.8 Å². The number of aliphatic hydroxyl groups is 1. The maximum atomic E-state index is 10.4. The average Bonchev–Trinajstić information content (AvgIpc) is 2.91. The summed E-state index contributed by atoms with van der Waals surface area (Å²) in [6.45, 7) is 0. The summed E-state index contributed by atoms with van der Waals surface area (Å²) in [5.41, 5.74) is 0.979. The Morgan fingerprint density at radius 3 is 2.87 bits per heavy atom. The molecule has 3 nitrogen and oxygen atoms in total. The van der Waals surface area contributed by atoms with Gasteiger partial charge in [0, 0.05) is 13.2 Å². The van der Waals surface area contributed by atoms with E-state index >= 15 is 0 Å². The molecule has 1 aromatic heterocycles. The lowest BCUT2D eigenvalue weighted by Crippen LogP contribution is -2.21. The Balaban J connectivity index is 1.81. The van der Waals surface area contributed by atoms with Gasteiger partial charge in [-0.2, -0.15) is 5.10 Å². The van der Waals surface area contributed by atoms with Crippen LogP contribution in [0.2, 0.25) is 0 Å². The number of fused-ring (bicyclic) bond motifs is 2. The monoisotopic (exact) mass is 206 g/mol. The van der Waals surface area contributed by atoms with E-state index in [1.54, 1.807) is 10.9 Å². The number of aromatic nitrogens is 2. The first-order chi connectivity index (χ1) is 7.25. The van der Waals surface area contributed by atoms with Gasteiger partial charge in [-0.3, -0.25) is 4.68 Å². The second kappa shape index (κ2) is 3.34. The lowest BCUT2D eigenvalue weighted by Gasteiger charge is -2.26. The predicted octanol–water partition coefficient (Wildman–Crippen LogP) is 1.89. The van der Waals surface area contributed by atoms with E-state index in [2.05, 4.69) is 5.10 Å². The van der Waals surface area contributed by atoms with Gasteiger partial charge in [-0.25, -0.2) is 0 Å². The molecule has 4 atom stereocenters. The Morgan fingerprint density at radius 1 is 1.47 bits per heavy atom. The van der Waals surface area contributed by atoms with Crippen molar-refractivity contribution in [3.8, 4) is 0 Å². The van der Waals surface area contributed by atoms with Crippen LogP contribution in [0.3, 0.4) is 0 Å². The molecule has 2 aliphatic carbocycles. The predicted molar refractivity (Wildman–Crippen MR) is 57.1 cm³/mol.